The number of rotatable bonds is 64. The molecule has 0 radical (unpaired) electrons. The Balaban J connectivity index is 4.19. The van der Waals surface area contributed by atoms with Crippen LogP contribution in [0.2, 0.25) is 0 Å². The minimum atomic E-state index is -0.762. The fourth-order valence-corrected chi connectivity index (χ4v) is 10.7. The van der Waals surface area contributed by atoms with Gasteiger partial charge in [-0.3, -0.25) is 14.4 Å². The van der Waals surface area contributed by atoms with Crippen LogP contribution in [-0.2, 0) is 28.6 Å². The summed E-state index contributed by atoms with van der Waals surface area (Å²) in [6, 6.07) is 0. The van der Waals surface area contributed by atoms with Crippen molar-refractivity contribution in [3.8, 4) is 0 Å². The van der Waals surface area contributed by atoms with Gasteiger partial charge < -0.3 is 14.2 Å². The minimum Gasteiger partial charge on any atom is -0.462 e. The molecule has 0 saturated carbocycles. The Hall–Kier alpha value is -1.59. The molecule has 0 aliphatic carbocycles. The predicted molar refractivity (Wildman–Crippen MR) is 321 cm³/mol. The van der Waals surface area contributed by atoms with Crippen LogP contribution in [0.4, 0.5) is 0 Å². The number of hydrogen-bond donors (Lipinski definition) is 0. The number of unbranched alkanes of at least 4 members (excludes halogenated alkanes) is 53. The first-order valence-corrected chi connectivity index (χ1v) is 34.0. The van der Waals surface area contributed by atoms with Gasteiger partial charge in [-0.05, 0) is 19.3 Å². The maximum absolute atomic E-state index is 12.9. The molecule has 0 aromatic rings. The van der Waals surface area contributed by atoms with Crippen LogP contribution in [-0.4, -0.2) is 37.2 Å². The Bertz CT molecular complexity index is 1110. The van der Waals surface area contributed by atoms with Crippen LogP contribution in [0, 0.1) is 0 Å². The molecule has 0 aliphatic rings. The van der Waals surface area contributed by atoms with Crippen molar-refractivity contribution in [3.05, 3.63) is 0 Å². The van der Waals surface area contributed by atoms with Crippen molar-refractivity contribution in [2.75, 3.05) is 13.2 Å². The van der Waals surface area contributed by atoms with E-state index < -0.39 is 6.10 Å². The lowest BCUT2D eigenvalue weighted by atomic mass is 10.0. The van der Waals surface area contributed by atoms with Gasteiger partial charge in [-0.1, -0.05) is 361 Å². The molecule has 1 atom stereocenters. The zero-order chi connectivity index (χ0) is 53.6. The van der Waals surface area contributed by atoms with Gasteiger partial charge in [0.05, 0.1) is 0 Å². The highest BCUT2D eigenvalue weighted by Crippen LogP contribution is 2.19. The molecule has 0 aromatic heterocycles. The molecule has 440 valence electrons. The fraction of sp³-hybridized carbons (Fsp3) is 0.956. The van der Waals surface area contributed by atoms with Crippen LogP contribution in [0.25, 0.3) is 0 Å². The second kappa shape index (κ2) is 63.9. The first-order chi connectivity index (χ1) is 36.5. The summed E-state index contributed by atoms with van der Waals surface area (Å²) in [6.45, 7) is 6.74. The van der Waals surface area contributed by atoms with Gasteiger partial charge in [-0.25, -0.2) is 0 Å². The molecule has 6 heteroatoms. The molecule has 0 amide bonds. The Morgan fingerprint density at radius 2 is 0.365 bits per heavy atom. The zero-order valence-electron chi connectivity index (χ0n) is 50.7. The van der Waals surface area contributed by atoms with E-state index in [1.165, 1.54) is 302 Å². The summed E-state index contributed by atoms with van der Waals surface area (Å²) < 4.78 is 17.0. The van der Waals surface area contributed by atoms with Gasteiger partial charge in [-0.2, -0.15) is 0 Å². The van der Waals surface area contributed by atoms with E-state index in [1.54, 1.807) is 0 Å². The van der Waals surface area contributed by atoms with E-state index in [4.69, 9.17) is 14.2 Å². The highest BCUT2D eigenvalue weighted by Gasteiger charge is 2.19. The lowest BCUT2D eigenvalue weighted by Crippen LogP contribution is -2.30. The van der Waals surface area contributed by atoms with Crippen LogP contribution >= 0.6 is 0 Å². The van der Waals surface area contributed by atoms with Crippen LogP contribution in [0.5, 0.6) is 0 Å². The summed E-state index contributed by atoms with van der Waals surface area (Å²) in [4.78, 5) is 38.3. The Morgan fingerprint density at radius 3 is 0.541 bits per heavy atom. The lowest BCUT2D eigenvalue weighted by Gasteiger charge is -2.18. The molecule has 1 unspecified atom stereocenters. The second-order valence-electron chi connectivity index (χ2n) is 23.5. The highest BCUT2D eigenvalue weighted by molar-refractivity contribution is 5.71. The number of carbonyl (C=O) groups excluding carboxylic acids is 3. The van der Waals surface area contributed by atoms with Crippen molar-refractivity contribution >= 4 is 17.9 Å². The maximum atomic E-state index is 12.9. The molecule has 0 aliphatic heterocycles. The molecule has 0 saturated heterocycles. The third kappa shape index (κ3) is 61.3. The number of hydrogen-bond acceptors (Lipinski definition) is 6. The van der Waals surface area contributed by atoms with Gasteiger partial charge in [0.2, 0.25) is 0 Å². The average molecular weight is 1050 g/mol. The van der Waals surface area contributed by atoms with Crippen molar-refractivity contribution < 1.29 is 28.6 Å². The van der Waals surface area contributed by atoms with Gasteiger partial charge in [0.1, 0.15) is 13.2 Å². The number of carbonyl (C=O) groups is 3. The molecule has 0 rings (SSSR count). The predicted octanol–water partition coefficient (Wildman–Crippen LogP) is 23.1. The third-order valence-corrected chi connectivity index (χ3v) is 15.9. The summed E-state index contributed by atoms with van der Waals surface area (Å²) in [5.74, 6) is -0.822. The molecule has 0 N–H and O–H groups in total. The van der Waals surface area contributed by atoms with Crippen molar-refractivity contribution in [1.82, 2.24) is 0 Å². The van der Waals surface area contributed by atoms with Crippen LogP contribution in [0.1, 0.15) is 400 Å². The Kier molecular flexibility index (Phi) is 62.6. The zero-order valence-corrected chi connectivity index (χ0v) is 50.7. The fourth-order valence-electron chi connectivity index (χ4n) is 10.7. The van der Waals surface area contributed by atoms with E-state index in [2.05, 4.69) is 20.8 Å². The molecule has 0 bridgehead atoms. The van der Waals surface area contributed by atoms with E-state index in [-0.39, 0.29) is 31.1 Å². The van der Waals surface area contributed by atoms with Gasteiger partial charge in [0.15, 0.2) is 6.10 Å². The molecule has 74 heavy (non-hydrogen) atoms. The van der Waals surface area contributed by atoms with Crippen molar-refractivity contribution in [3.63, 3.8) is 0 Å². The van der Waals surface area contributed by atoms with E-state index in [0.29, 0.717) is 19.3 Å². The molecule has 0 aromatic carbocycles. The minimum absolute atomic E-state index is 0.0603. The van der Waals surface area contributed by atoms with Gasteiger partial charge in [0, 0.05) is 19.3 Å². The van der Waals surface area contributed by atoms with Crippen molar-refractivity contribution in [2.24, 2.45) is 0 Å². The van der Waals surface area contributed by atoms with Gasteiger partial charge >= 0.3 is 17.9 Å². The summed E-state index contributed by atoms with van der Waals surface area (Å²) in [5, 5.41) is 0. The first kappa shape index (κ1) is 72.4. The molecule has 0 spiro atoms. The SMILES string of the molecule is CCCCCCCCCCCCCCCCCCCCCCCCCCCC(=O)OCC(COC(=O)CCCCCCCCCCCCCCCC)OC(=O)CCCCCCCCCCCCCCCCCCC. The second-order valence-corrected chi connectivity index (χ2v) is 23.5. The number of ether oxygens (including phenoxy) is 3. The molecule has 0 fully saturated rings. The molecular formula is C68H132O6. The topological polar surface area (TPSA) is 78.9 Å². The summed E-state index contributed by atoms with van der Waals surface area (Å²) in [7, 11) is 0. The average Bonchev–Trinajstić information content (AvgIpc) is 3.40. The van der Waals surface area contributed by atoms with Crippen LogP contribution in [0.3, 0.4) is 0 Å². The van der Waals surface area contributed by atoms with E-state index in [9.17, 15) is 14.4 Å². The number of esters is 3. The molecule has 6 nitrogen and oxygen atoms in total. The smallest absolute Gasteiger partial charge is 0.306 e. The molecule has 0 heterocycles. The van der Waals surface area contributed by atoms with Gasteiger partial charge in [-0.15, -0.1) is 0 Å². The van der Waals surface area contributed by atoms with Crippen LogP contribution in [0.15, 0.2) is 0 Å². The van der Waals surface area contributed by atoms with E-state index in [1.807, 2.05) is 0 Å². The van der Waals surface area contributed by atoms with Crippen LogP contribution < -0.4 is 0 Å². The third-order valence-electron chi connectivity index (χ3n) is 15.9. The van der Waals surface area contributed by atoms with E-state index >= 15 is 0 Å². The van der Waals surface area contributed by atoms with Crippen molar-refractivity contribution in [2.45, 2.75) is 406 Å². The van der Waals surface area contributed by atoms with Crippen molar-refractivity contribution in [1.29, 1.82) is 0 Å². The Morgan fingerprint density at radius 1 is 0.216 bits per heavy atom. The first-order valence-electron chi connectivity index (χ1n) is 34.0. The van der Waals surface area contributed by atoms with Gasteiger partial charge in [0.25, 0.3) is 0 Å². The summed E-state index contributed by atoms with van der Waals surface area (Å²) in [6.07, 6.45) is 74.1. The largest absolute Gasteiger partial charge is 0.462 e. The normalized spacial score (nSPS) is 11.9. The summed E-state index contributed by atoms with van der Waals surface area (Å²) >= 11 is 0. The van der Waals surface area contributed by atoms with E-state index in [0.717, 1.165) is 57.8 Å². The summed E-state index contributed by atoms with van der Waals surface area (Å²) in [5.41, 5.74) is 0. The Labute approximate surface area is 463 Å². The highest BCUT2D eigenvalue weighted by atomic mass is 16.6. The molecular weight excluding hydrogens is 913 g/mol. The monoisotopic (exact) mass is 1050 g/mol. The quantitative estimate of drug-likeness (QED) is 0.0343. The lowest BCUT2D eigenvalue weighted by molar-refractivity contribution is -0.167. The standard InChI is InChI=1S/C68H132O6/c1-4-7-10-13-16-19-22-25-28-30-31-32-33-34-35-36-37-39-40-43-46-49-52-55-58-61-67(70)73-64-65(63-72-66(69)60-57-54-51-48-45-42-27-24-21-18-15-12-9-6-3)74-68(71)62-59-56-53-50-47-44-41-38-29-26-23-20-17-14-11-8-5-2/h65H,4-64H2,1-3H3. The maximum Gasteiger partial charge on any atom is 0.306 e.